The fourth-order valence-corrected chi connectivity index (χ4v) is 2.22. The minimum absolute atomic E-state index is 0.229. The molecule has 0 radical (unpaired) electrons. The van der Waals surface area contributed by atoms with E-state index in [9.17, 15) is 0 Å². The van der Waals surface area contributed by atoms with E-state index in [1.807, 2.05) is 0 Å². The van der Waals surface area contributed by atoms with Crippen LogP contribution in [0.5, 0.6) is 0 Å². The number of morpholine rings is 1. The van der Waals surface area contributed by atoms with E-state index >= 15 is 0 Å². The number of ether oxygens (including phenoxy) is 2. The Bertz CT molecular complexity index is 155. The highest BCUT2D eigenvalue weighted by molar-refractivity contribution is 4.95. The molecule has 12 heavy (non-hydrogen) atoms. The molecule has 0 aromatic rings. The maximum atomic E-state index is 5.52. The van der Waals surface area contributed by atoms with Gasteiger partial charge in [-0.25, -0.2) is 0 Å². The number of hydrogen-bond acceptors (Lipinski definition) is 3. The lowest BCUT2D eigenvalue weighted by molar-refractivity contribution is -0.0681. The first kappa shape index (κ1) is 8.48. The van der Waals surface area contributed by atoms with Gasteiger partial charge in [-0.05, 0) is 13.0 Å². The highest BCUT2D eigenvalue weighted by atomic mass is 16.5. The first-order valence-corrected chi connectivity index (χ1v) is 4.78. The van der Waals surface area contributed by atoms with Crippen LogP contribution < -0.4 is 0 Å². The minimum atomic E-state index is 0.229. The van der Waals surface area contributed by atoms with Crippen molar-refractivity contribution in [2.45, 2.75) is 18.9 Å². The van der Waals surface area contributed by atoms with Crippen LogP contribution in [0.4, 0.5) is 0 Å². The van der Waals surface area contributed by atoms with Crippen molar-refractivity contribution < 1.29 is 9.47 Å². The van der Waals surface area contributed by atoms with E-state index in [4.69, 9.17) is 9.47 Å². The molecule has 2 heterocycles. The van der Waals surface area contributed by atoms with Crippen LogP contribution in [0.15, 0.2) is 0 Å². The molecule has 1 spiro atoms. The van der Waals surface area contributed by atoms with E-state index in [0.717, 1.165) is 45.9 Å². The molecule has 0 aromatic carbocycles. The monoisotopic (exact) mass is 171 g/mol. The van der Waals surface area contributed by atoms with Crippen molar-refractivity contribution in [3.05, 3.63) is 0 Å². The highest BCUT2D eigenvalue weighted by Gasteiger charge is 2.42. The molecule has 3 heteroatoms. The predicted octanol–water partition coefficient (Wildman–Crippen LogP) is 0.498. The maximum absolute atomic E-state index is 5.52. The largest absolute Gasteiger partial charge is 0.379 e. The van der Waals surface area contributed by atoms with Crippen molar-refractivity contribution in [2.24, 2.45) is 0 Å². The lowest BCUT2D eigenvalue weighted by Gasteiger charge is -2.42. The van der Waals surface area contributed by atoms with Gasteiger partial charge in [-0.3, -0.25) is 4.90 Å². The highest BCUT2D eigenvalue weighted by Crippen LogP contribution is 2.28. The van der Waals surface area contributed by atoms with E-state index in [-0.39, 0.29) is 5.54 Å². The number of likely N-dealkylation sites (N-methyl/N-ethyl adjacent to an activating group) is 1. The average molecular weight is 171 g/mol. The van der Waals surface area contributed by atoms with Gasteiger partial charge in [0, 0.05) is 13.2 Å². The molecule has 2 fully saturated rings. The van der Waals surface area contributed by atoms with Crippen molar-refractivity contribution in [2.75, 3.05) is 39.5 Å². The Morgan fingerprint density at radius 2 is 2.00 bits per heavy atom. The second-order valence-electron chi connectivity index (χ2n) is 3.66. The molecule has 0 bridgehead atoms. The molecule has 3 nitrogen and oxygen atoms in total. The summed E-state index contributed by atoms with van der Waals surface area (Å²) >= 11 is 0. The molecule has 0 amide bonds. The summed E-state index contributed by atoms with van der Waals surface area (Å²) in [6, 6.07) is 0. The summed E-state index contributed by atoms with van der Waals surface area (Å²) in [5.41, 5.74) is 0.229. The molecule has 2 aliphatic rings. The third-order valence-corrected chi connectivity index (χ3v) is 3.01. The molecule has 1 unspecified atom stereocenters. The Labute approximate surface area is 73.6 Å². The van der Waals surface area contributed by atoms with Gasteiger partial charge < -0.3 is 9.47 Å². The summed E-state index contributed by atoms with van der Waals surface area (Å²) in [6.45, 7) is 7.91. The van der Waals surface area contributed by atoms with Crippen molar-refractivity contribution in [3.8, 4) is 0 Å². The molecule has 1 atom stereocenters. The van der Waals surface area contributed by atoms with E-state index in [1.54, 1.807) is 0 Å². The Kier molecular flexibility index (Phi) is 2.35. The van der Waals surface area contributed by atoms with Crippen LogP contribution >= 0.6 is 0 Å². The van der Waals surface area contributed by atoms with Gasteiger partial charge in [-0.15, -0.1) is 0 Å². The fraction of sp³-hybridized carbons (Fsp3) is 1.00. The smallest absolute Gasteiger partial charge is 0.0701 e. The topological polar surface area (TPSA) is 21.7 Å². The molecular formula is C9H17NO2. The molecule has 0 saturated carbocycles. The molecule has 2 aliphatic heterocycles. The normalized spacial score (nSPS) is 37.8. The van der Waals surface area contributed by atoms with Crippen molar-refractivity contribution in [1.82, 2.24) is 4.90 Å². The second kappa shape index (κ2) is 3.32. The standard InChI is InChI=1S/C9H17NO2/c1-2-10-4-6-12-8-9(10)3-5-11-7-9/h2-8H2,1H3. The van der Waals surface area contributed by atoms with Crippen molar-refractivity contribution >= 4 is 0 Å². The zero-order valence-corrected chi connectivity index (χ0v) is 7.71. The Balaban J connectivity index is 2.07. The quantitative estimate of drug-likeness (QED) is 0.573. The first-order valence-electron chi connectivity index (χ1n) is 4.78. The van der Waals surface area contributed by atoms with Gasteiger partial charge in [0.25, 0.3) is 0 Å². The van der Waals surface area contributed by atoms with Crippen LogP contribution in [0.3, 0.4) is 0 Å². The van der Waals surface area contributed by atoms with Gasteiger partial charge in [0.05, 0.1) is 25.4 Å². The van der Waals surface area contributed by atoms with E-state index in [1.165, 1.54) is 0 Å². The van der Waals surface area contributed by atoms with Crippen LogP contribution in [-0.2, 0) is 9.47 Å². The lowest BCUT2D eigenvalue weighted by atomic mass is 9.96. The maximum Gasteiger partial charge on any atom is 0.0701 e. The first-order chi connectivity index (χ1) is 5.87. The summed E-state index contributed by atoms with van der Waals surface area (Å²) in [5, 5.41) is 0. The summed E-state index contributed by atoms with van der Waals surface area (Å²) in [7, 11) is 0. The average Bonchev–Trinajstić information content (AvgIpc) is 2.55. The second-order valence-corrected chi connectivity index (χ2v) is 3.66. The van der Waals surface area contributed by atoms with E-state index < -0.39 is 0 Å². The fourth-order valence-electron chi connectivity index (χ4n) is 2.22. The van der Waals surface area contributed by atoms with Gasteiger partial charge in [0.2, 0.25) is 0 Å². The van der Waals surface area contributed by atoms with Crippen LogP contribution in [-0.4, -0.2) is 50.0 Å². The summed E-state index contributed by atoms with van der Waals surface area (Å²) in [6.07, 6.45) is 1.14. The molecule has 2 rings (SSSR count). The Morgan fingerprint density at radius 3 is 2.67 bits per heavy atom. The third-order valence-electron chi connectivity index (χ3n) is 3.01. The van der Waals surface area contributed by atoms with Crippen LogP contribution in [0.1, 0.15) is 13.3 Å². The zero-order chi connectivity index (χ0) is 8.44. The van der Waals surface area contributed by atoms with Crippen molar-refractivity contribution in [1.29, 1.82) is 0 Å². The van der Waals surface area contributed by atoms with E-state index in [0.29, 0.717) is 0 Å². The van der Waals surface area contributed by atoms with Crippen molar-refractivity contribution in [3.63, 3.8) is 0 Å². The predicted molar refractivity (Wildman–Crippen MR) is 46.2 cm³/mol. The SMILES string of the molecule is CCN1CCOCC12CCOC2. The molecule has 70 valence electrons. The number of hydrogen-bond donors (Lipinski definition) is 0. The van der Waals surface area contributed by atoms with Crippen LogP contribution in [0.2, 0.25) is 0 Å². The van der Waals surface area contributed by atoms with Gasteiger partial charge in [0.1, 0.15) is 0 Å². The minimum Gasteiger partial charge on any atom is -0.379 e. The summed E-state index contributed by atoms with van der Waals surface area (Å²) in [4.78, 5) is 2.50. The van der Waals surface area contributed by atoms with Gasteiger partial charge >= 0.3 is 0 Å². The van der Waals surface area contributed by atoms with Gasteiger partial charge in [-0.1, -0.05) is 6.92 Å². The van der Waals surface area contributed by atoms with E-state index in [2.05, 4.69) is 11.8 Å². The third kappa shape index (κ3) is 1.26. The number of rotatable bonds is 1. The molecule has 0 aromatic heterocycles. The summed E-state index contributed by atoms with van der Waals surface area (Å²) in [5.74, 6) is 0. The zero-order valence-electron chi connectivity index (χ0n) is 7.71. The Hall–Kier alpha value is -0.120. The molecular weight excluding hydrogens is 154 g/mol. The van der Waals surface area contributed by atoms with Crippen LogP contribution in [0, 0.1) is 0 Å². The molecule has 0 N–H and O–H groups in total. The van der Waals surface area contributed by atoms with Crippen LogP contribution in [0.25, 0.3) is 0 Å². The Morgan fingerprint density at radius 1 is 1.25 bits per heavy atom. The lowest BCUT2D eigenvalue weighted by Crippen LogP contribution is -2.57. The molecule has 0 aliphatic carbocycles. The molecule has 2 saturated heterocycles. The van der Waals surface area contributed by atoms with Gasteiger partial charge in [-0.2, -0.15) is 0 Å². The number of nitrogens with zero attached hydrogens (tertiary/aromatic N) is 1. The van der Waals surface area contributed by atoms with Gasteiger partial charge in [0.15, 0.2) is 0 Å². The summed E-state index contributed by atoms with van der Waals surface area (Å²) < 4.78 is 11.0.